The average Bonchev–Trinajstić information content (AvgIpc) is 2.80. The molecule has 0 aromatic carbocycles. The van der Waals surface area contributed by atoms with Gasteiger partial charge < -0.3 is 10.4 Å². The highest BCUT2D eigenvalue weighted by Crippen LogP contribution is 2.28. The SMILES string of the molecule is O=C(O)CSCCNC(=O)c1cc2c(s1)CCCCCC2. The number of carbonyl (C=O) groups excluding carboxylic acids is 1. The van der Waals surface area contributed by atoms with Gasteiger partial charge in [0.2, 0.25) is 0 Å². The van der Waals surface area contributed by atoms with Crippen LogP contribution >= 0.6 is 23.1 Å². The monoisotopic (exact) mass is 327 g/mol. The van der Waals surface area contributed by atoms with Gasteiger partial charge in [-0.15, -0.1) is 23.1 Å². The molecule has 2 N–H and O–H groups in total. The lowest BCUT2D eigenvalue weighted by Crippen LogP contribution is -2.25. The van der Waals surface area contributed by atoms with E-state index in [9.17, 15) is 9.59 Å². The number of carboxylic acid groups (broad SMARTS) is 1. The zero-order chi connectivity index (χ0) is 15.1. The van der Waals surface area contributed by atoms with E-state index in [0.717, 1.165) is 17.7 Å². The predicted molar refractivity (Wildman–Crippen MR) is 87.5 cm³/mol. The summed E-state index contributed by atoms with van der Waals surface area (Å²) in [5.74, 6) is -0.126. The Hall–Kier alpha value is -1.01. The molecular weight excluding hydrogens is 306 g/mol. The quantitative estimate of drug-likeness (QED) is 0.788. The summed E-state index contributed by atoms with van der Waals surface area (Å²) in [5.41, 5.74) is 1.35. The maximum absolute atomic E-state index is 12.1. The Labute approximate surface area is 133 Å². The lowest BCUT2D eigenvalue weighted by atomic mass is 10.00. The van der Waals surface area contributed by atoms with Crippen LogP contribution < -0.4 is 5.32 Å². The van der Waals surface area contributed by atoms with Gasteiger partial charge in [-0.05, 0) is 37.3 Å². The Balaban J connectivity index is 1.82. The number of thiophene rings is 1. The number of thioether (sulfide) groups is 1. The Kier molecular flexibility index (Phi) is 6.57. The molecule has 1 aliphatic carbocycles. The van der Waals surface area contributed by atoms with Gasteiger partial charge in [0.15, 0.2) is 0 Å². The zero-order valence-corrected chi connectivity index (χ0v) is 13.7. The normalized spacial score (nSPS) is 14.9. The minimum Gasteiger partial charge on any atom is -0.481 e. The van der Waals surface area contributed by atoms with Crippen molar-refractivity contribution in [3.63, 3.8) is 0 Å². The van der Waals surface area contributed by atoms with E-state index >= 15 is 0 Å². The van der Waals surface area contributed by atoms with Gasteiger partial charge in [0, 0.05) is 17.2 Å². The van der Waals surface area contributed by atoms with Gasteiger partial charge in [-0.2, -0.15) is 0 Å². The van der Waals surface area contributed by atoms with E-state index in [0.29, 0.717) is 12.3 Å². The number of nitrogens with one attached hydrogen (secondary N) is 1. The topological polar surface area (TPSA) is 66.4 Å². The summed E-state index contributed by atoms with van der Waals surface area (Å²) in [5, 5.41) is 11.4. The minimum atomic E-state index is -0.815. The molecule has 0 atom stereocenters. The molecule has 6 heteroatoms. The fourth-order valence-corrected chi connectivity index (χ4v) is 4.17. The van der Waals surface area contributed by atoms with Crippen LogP contribution in [0.1, 0.15) is 45.8 Å². The summed E-state index contributed by atoms with van der Waals surface area (Å²) < 4.78 is 0. The van der Waals surface area contributed by atoms with Crippen LogP contribution in [0.3, 0.4) is 0 Å². The summed E-state index contributed by atoms with van der Waals surface area (Å²) in [6, 6.07) is 2.05. The number of fused-ring (bicyclic) bond motifs is 1. The first-order chi connectivity index (χ1) is 10.2. The first-order valence-corrected chi connectivity index (χ1v) is 9.33. The number of amides is 1. The molecule has 21 heavy (non-hydrogen) atoms. The van der Waals surface area contributed by atoms with E-state index in [1.165, 1.54) is 47.9 Å². The summed E-state index contributed by atoms with van der Waals surface area (Å²) >= 11 is 2.94. The molecule has 0 aliphatic heterocycles. The first kappa shape index (κ1) is 16.4. The van der Waals surface area contributed by atoms with Gasteiger partial charge in [0.05, 0.1) is 10.6 Å². The molecule has 0 saturated heterocycles. The Morgan fingerprint density at radius 1 is 1.24 bits per heavy atom. The number of carboxylic acids is 1. The van der Waals surface area contributed by atoms with Crippen LogP contribution in [0.15, 0.2) is 6.07 Å². The molecule has 1 heterocycles. The smallest absolute Gasteiger partial charge is 0.313 e. The van der Waals surface area contributed by atoms with Crippen molar-refractivity contribution in [3.05, 3.63) is 21.4 Å². The van der Waals surface area contributed by atoms with E-state index in [-0.39, 0.29) is 11.7 Å². The van der Waals surface area contributed by atoms with Gasteiger partial charge in [0.1, 0.15) is 0 Å². The molecule has 0 radical (unpaired) electrons. The number of rotatable bonds is 6. The highest BCUT2D eigenvalue weighted by Gasteiger charge is 2.15. The van der Waals surface area contributed by atoms with Crippen molar-refractivity contribution >= 4 is 35.0 Å². The number of hydrogen-bond donors (Lipinski definition) is 2. The van der Waals surface area contributed by atoms with Crippen molar-refractivity contribution in [1.29, 1.82) is 0 Å². The molecule has 0 bridgehead atoms. The van der Waals surface area contributed by atoms with Crippen LogP contribution in [0, 0.1) is 0 Å². The van der Waals surface area contributed by atoms with E-state index in [4.69, 9.17) is 5.11 Å². The Morgan fingerprint density at radius 3 is 2.76 bits per heavy atom. The molecule has 116 valence electrons. The molecule has 4 nitrogen and oxygen atoms in total. The molecule has 1 amide bonds. The second kappa shape index (κ2) is 8.44. The van der Waals surface area contributed by atoms with Crippen molar-refractivity contribution in [3.8, 4) is 0 Å². The van der Waals surface area contributed by atoms with Crippen molar-refractivity contribution in [2.45, 2.75) is 38.5 Å². The highest BCUT2D eigenvalue weighted by molar-refractivity contribution is 7.99. The van der Waals surface area contributed by atoms with Crippen LogP contribution in [0.25, 0.3) is 0 Å². The summed E-state index contributed by atoms with van der Waals surface area (Å²) in [6.07, 6.45) is 7.21. The fraction of sp³-hybridized carbons (Fsp3) is 0.600. The molecular formula is C15H21NO3S2. The van der Waals surface area contributed by atoms with Crippen LogP contribution in [-0.2, 0) is 17.6 Å². The van der Waals surface area contributed by atoms with Crippen LogP contribution in [0.4, 0.5) is 0 Å². The van der Waals surface area contributed by atoms with Gasteiger partial charge in [-0.3, -0.25) is 9.59 Å². The summed E-state index contributed by atoms with van der Waals surface area (Å²) in [7, 11) is 0. The average molecular weight is 327 g/mol. The number of aliphatic carboxylic acids is 1. The number of hydrogen-bond acceptors (Lipinski definition) is 4. The third-order valence-electron chi connectivity index (χ3n) is 3.48. The van der Waals surface area contributed by atoms with Gasteiger partial charge >= 0.3 is 5.97 Å². The molecule has 1 aromatic heterocycles. The number of carbonyl (C=O) groups is 2. The molecule has 0 unspecified atom stereocenters. The van der Waals surface area contributed by atoms with Gasteiger partial charge in [0.25, 0.3) is 5.91 Å². The van der Waals surface area contributed by atoms with Crippen molar-refractivity contribution in [2.75, 3.05) is 18.1 Å². The predicted octanol–water partition coefficient (Wildman–Crippen LogP) is 2.95. The minimum absolute atomic E-state index is 0.0253. The van der Waals surface area contributed by atoms with E-state index in [1.807, 2.05) is 6.07 Å². The van der Waals surface area contributed by atoms with Crippen LogP contribution in [0.2, 0.25) is 0 Å². The third kappa shape index (κ3) is 5.36. The maximum Gasteiger partial charge on any atom is 0.313 e. The molecule has 2 rings (SSSR count). The van der Waals surface area contributed by atoms with Gasteiger partial charge in [-0.25, -0.2) is 0 Å². The molecule has 0 fully saturated rings. The first-order valence-electron chi connectivity index (χ1n) is 7.36. The third-order valence-corrected chi connectivity index (χ3v) is 5.66. The fourth-order valence-electron chi connectivity index (χ4n) is 2.44. The highest BCUT2D eigenvalue weighted by atomic mass is 32.2. The Morgan fingerprint density at radius 2 is 2.00 bits per heavy atom. The lowest BCUT2D eigenvalue weighted by Gasteiger charge is -2.07. The second-order valence-corrected chi connectivity index (χ2v) is 7.42. The zero-order valence-electron chi connectivity index (χ0n) is 12.0. The van der Waals surface area contributed by atoms with Crippen LogP contribution in [-0.4, -0.2) is 35.0 Å². The van der Waals surface area contributed by atoms with Crippen molar-refractivity contribution < 1.29 is 14.7 Å². The lowest BCUT2D eigenvalue weighted by molar-refractivity contribution is -0.133. The summed E-state index contributed by atoms with van der Waals surface area (Å²) in [4.78, 5) is 24.7. The largest absolute Gasteiger partial charge is 0.481 e. The van der Waals surface area contributed by atoms with E-state index in [2.05, 4.69) is 5.32 Å². The second-order valence-electron chi connectivity index (χ2n) is 5.18. The van der Waals surface area contributed by atoms with E-state index in [1.54, 1.807) is 11.3 Å². The van der Waals surface area contributed by atoms with E-state index < -0.39 is 5.97 Å². The van der Waals surface area contributed by atoms with Crippen molar-refractivity contribution in [2.24, 2.45) is 0 Å². The molecule has 0 spiro atoms. The molecule has 1 aromatic rings. The van der Waals surface area contributed by atoms with Crippen molar-refractivity contribution in [1.82, 2.24) is 5.32 Å². The van der Waals surface area contributed by atoms with Crippen LogP contribution in [0.5, 0.6) is 0 Å². The Bertz CT molecular complexity index is 474. The molecule has 0 saturated carbocycles. The number of aryl methyl sites for hydroxylation is 2. The standard InChI is InChI=1S/C15H21NO3S2/c17-14(18)10-20-8-7-16-15(19)13-9-11-5-3-1-2-4-6-12(11)21-13/h9H,1-8,10H2,(H,16,19)(H,17,18). The van der Waals surface area contributed by atoms with Gasteiger partial charge in [-0.1, -0.05) is 12.8 Å². The molecule has 1 aliphatic rings. The summed E-state index contributed by atoms with van der Waals surface area (Å²) in [6.45, 7) is 0.513. The maximum atomic E-state index is 12.1.